The zero-order valence-corrected chi connectivity index (χ0v) is 55.7. The van der Waals surface area contributed by atoms with Crippen LogP contribution in [-0.4, -0.2) is 68.3 Å². The van der Waals surface area contributed by atoms with Crippen LogP contribution in [0.3, 0.4) is 0 Å². The molecule has 0 atom stereocenters. The summed E-state index contributed by atoms with van der Waals surface area (Å²) in [7, 11) is 5.94. The van der Waals surface area contributed by atoms with Gasteiger partial charge in [-0.1, -0.05) is 212 Å². The molecule has 2 N–H and O–H groups in total. The van der Waals surface area contributed by atoms with Crippen LogP contribution in [0.15, 0.2) is 300 Å². The van der Waals surface area contributed by atoms with Crippen molar-refractivity contribution in [1.29, 1.82) is 0 Å². The Kier molecular flexibility index (Phi) is 17.6. The Bertz CT molecular complexity index is 5850. The van der Waals surface area contributed by atoms with Crippen LogP contribution in [0.25, 0.3) is 156 Å². The summed E-state index contributed by atoms with van der Waals surface area (Å²) in [5.74, 6) is 2.90. The molecule has 14 heteroatoms. The van der Waals surface area contributed by atoms with Crippen LogP contribution < -0.4 is 5.46 Å². The SMILES string of the molecule is CC(C)(O)C(C)(C)O.Clc1nc(-c2ccccc2)nc(-c2ccc3c(c2)oc2ccccc23)n1.[B]c1cccc(-n2c3ccccc3c3ccccc32)c1.[CH3-].c1ccc(-c2nc(-c3cccc(-n4c5ccccc5c5ccccc54)c3)nc(-c3ccc4c(c3)oc3ccccc34)n2)cc1. The van der Waals surface area contributed by atoms with Crippen molar-refractivity contribution in [3.8, 4) is 68.3 Å². The first-order chi connectivity index (χ1) is 47.7. The van der Waals surface area contributed by atoms with Crippen molar-refractivity contribution in [2.75, 3.05) is 0 Å². The molecule has 480 valence electrons. The molecule has 6 heterocycles. The Morgan fingerprint density at radius 2 is 0.606 bits per heavy atom. The molecular weight excluding hydrogens is 1240 g/mol. The summed E-state index contributed by atoms with van der Waals surface area (Å²) in [6.07, 6.45) is 0. The average Bonchev–Trinajstić information content (AvgIpc) is 1.58. The van der Waals surface area contributed by atoms with E-state index in [4.69, 9.17) is 53.4 Å². The number of rotatable bonds is 8. The molecule has 99 heavy (non-hydrogen) atoms. The maximum atomic E-state index is 9.10. The molecule has 0 amide bonds. The van der Waals surface area contributed by atoms with E-state index in [1.807, 2.05) is 146 Å². The van der Waals surface area contributed by atoms with Crippen LogP contribution in [0.1, 0.15) is 27.7 Å². The molecule has 0 bridgehead atoms. The van der Waals surface area contributed by atoms with Crippen LogP contribution in [0.5, 0.6) is 0 Å². The van der Waals surface area contributed by atoms with E-state index < -0.39 is 11.2 Å². The fourth-order valence-corrected chi connectivity index (χ4v) is 12.3. The highest BCUT2D eigenvalue weighted by Gasteiger charge is 2.32. The minimum absolute atomic E-state index is 0. The van der Waals surface area contributed by atoms with Gasteiger partial charge in [-0.3, -0.25) is 0 Å². The van der Waals surface area contributed by atoms with E-state index in [2.05, 4.69) is 170 Å². The zero-order chi connectivity index (χ0) is 67.1. The summed E-state index contributed by atoms with van der Waals surface area (Å²) in [6, 6.07) is 98.4. The van der Waals surface area contributed by atoms with Crippen LogP contribution in [0.4, 0.5) is 0 Å². The number of halogens is 1. The summed E-state index contributed by atoms with van der Waals surface area (Å²) in [5, 5.41) is 27.7. The van der Waals surface area contributed by atoms with Gasteiger partial charge >= 0.3 is 0 Å². The van der Waals surface area contributed by atoms with E-state index in [9.17, 15) is 0 Å². The number of para-hydroxylation sites is 6. The summed E-state index contributed by atoms with van der Waals surface area (Å²) in [5.41, 5.74) is 13.4. The summed E-state index contributed by atoms with van der Waals surface area (Å²) >= 11 is 6.15. The maximum Gasteiger partial charge on any atom is 0.226 e. The Labute approximate surface area is 578 Å². The van der Waals surface area contributed by atoms with E-state index in [0.717, 1.165) is 99.6 Å². The lowest BCUT2D eigenvalue weighted by Crippen LogP contribution is -2.44. The lowest BCUT2D eigenvalue weighted by atomic mass is 9.90. The molecule has 0 spiro atoms. The van der Waals surface area contributed by atoms with Crippen molar-refractivity contribution in [1.82, 2.24) is 39.0 Å². The van der Waals surface area contributed by atoms with E-state index in [1.54, 1.807) is 27.7 Å². The topological polar surface area (TPSA) is 154 Å². The molecule has 18 aromatic rings. The van der Waals surface area contributed by atoms with Crippen molar-refractivity contribution in [3.05, 3.63) is 304 Å². The van der Waals surface area contributed by atoms with Gasteiger partial charge in [-0.15, -0.1) is 0 Å². The van der Waals surface area contributed by atoms with Gasteiger partial charge in [0.1, 0.15) is 30.2 Å². The number of aliphatic hydroxyl groups is 2. The van der Waals surface area contributed by atoms with Crippen molar-refractivity contribution >= 4 is 112 Å². The van der Waals surface area contributed by atoms with Gasteiger partial charge in [-0.05, 0) is 124 Å². The maximum absolute atomic E-state index is 9.10. The summed E-state index contributed by atoms with van der Waals surface area (Å²) in [4.78, 5) is 28.1. The van der Waals surface area contributed by atoms with Gasteiger partial charge in [0.2, 0.25) is 5.28 Å². The Morgan fingerprint density at radius 3 is 1.01 bits per heavy atom. The second-order valence-electron chi connectivity index (χ2n) is 24.9. The quantitative estimate of drug-likeness (QED) is 0.111. The monoisotopic (exact) mass is 1310 g/mol. The smallest absolute Gasteiger partial charge is 0.226 e. The fourth-order valence-electron chi connectivity index (χ4n) is 12.1. The molecule has 12 nitrogen and oxygen atoms in total. The zero-order valence-electron chi connectivity index (χ0n) is 55.0. The molecule has 0 aliphatic carbocycles. The fraction of sp³-hybridized carbons (Fsp3) is 0.0706. The van der Waals surface area contributed by atoms with Gasteiger partial charge in [-0.2, -0.15) is 9.97 Å². The van der Waals surface area contributed by atoms with Crippen molar-refractivity contribution < 1.29 is 19.0 Å². The van der Waals surface area contributed by atoms with Crippen LogP contribution in [-0.2, 0) is 0 Å². The van der Waals surface area contributed by atoms with Crippen LogP contribution >= 0.6 is 11.6 Å². The molecule has 2 radical (unpaired) electrons. The number of nitrogens with zero attached hydrogens (tertiary/aromatic N) is 8. The number of aromatic nitrogens is 8. The van der Waals surface area contributed by atoms with Crippen LogP contribution in [0.2, 0.25) is 5.28 Å². The molecule has 18 rings (SSSR count). The first-order valence-electron chi connectivity index (χ1n) is 32.2. The highest BCUT2D eigenvalue weighted by atomic mass is 35.5. The third kappa shape index (κ3) is 12.9. The molecule has 0 saturated carbocycles. The number of fused-ring (bicyclic) bond motifs is 12. The minimum atomic E-state index is -1.01. The second kappa shape index (κ2) is 27.0. The average molecular weight is 1310 g/mol. The number of furan rings is 2. The van der Waals surface area contributed by atoms with E-state index in [-0.39, 0.29) is 12.7 Å². The van der Waals surface area contributed by atoms with Crippen molar-refractivity contribution in [3.63, 3.8) is 0 Å². The predicted molar refractivity (Wildman–Crippen MR) is 406 cm³/mol. The van der Waals surface area contributed by atoms with E-state index >= 15 is 0 Å². The Hall–Kier alpha value is -11.9. The number of benzene rings is 12. The van der Waals surface area contributed by atoms with Crippen molar-refractivity contribution in [2.24, 2.45) is 0 Å². The van der Waals surface area contributed by atoms with Gasteiger partial charge in [0.05, 0.1) is 33.3 Å². The van der Waals surface area contributed by atoms with Gasteiger partial charge in [-0.25, -0.2) is 19.9 Å². The van der Waals surface area contributed by atoms with E-state index in [0.29, 0.717) is 29.1 Å². The standard InChI is InChI=1S/C39H24N4O.C21H12ClN3O.C18H12BN.C6H14O2.CH3/c1-2-11-25(12-3-1)37-40-38(42-39(41-37)27-21-22-32-31-17-6-9-20-35(31)44-36(32)24-27)26-13-10-14-28(23-26)43-33-18-7-4-15-29(33)30-16-5-8-19-34(30)43;22-21-24-19(13-6-2-1-3-7-13)23-20(25-21)14-10-11-16-15-8-4-5-9-17(15)26-18(16)12-14;19-13-6-5-7-14(12-13)20-17-10-3-1-8-15(17)16-9-2-4-11-18(16)20;1-5(2,7)6(3,4)8;/h1-24H;1-12H;1-12H;7-8H,1-4H3;1H3/q;;;;-1. The molecule has 12 aromatic carbocycles. The highest BCUT2D eigenvalue weighted by molar-refractivity contribution is 6.32. The minimum Gasteiger partial charge on any atom is -0.456 e. The molecular formula is C85H65BClN8O4-. The third-order valence-corrected chi connectivity index (χ3v) is 17.9. The third-order valence-electron chi connectivity index (χ3n) is 17.7. The second-order valence-corrected chi connectivity index (χ2v) is 25.2. The van der Waals surface area contributed by atoms with Gasteiger partial charge in [0.25, 0.3) is 0 Å². The van der Waals surface area contributed by atoms with Crippen molar-refractivity contribution in [2.45, 2.75) is 38.9 Å². The lowest BCUT2D eigenvalue weighted by Gasteiger charge is -2.31. The van der Waals surface area contributed by atoms with Gasteiger partial charge in [0, 0.05) is 82.3 Å². The molecule has 0 aliphatic rings. The summed E-state index contributed by atoms with van der Waals surface area (Å²) in [6.45, 7) is 6.31. The Balaban J connectivity index is 0.000000129. The van der Waals surface area contributed by atoms with Gasteiger partial charge < -0.3 is 35.6 Å². The molecule has 0 unspecified atom stereocenters. The van der Waals surface area contributed by atoms with Gasteiger partial charge in [0.15, 0.2) is 29.1 Å². The predicted octanol–water partition coefficient (Wildman–Crippen LogP) is 20.2. The molecule has 0 aliphatic heterocycles. The first-order valence-corrected chi connectivity index (χ1v) is 32.5. The Morgan fingerprint density at radius 1 is 0.303 bits per heavy atom. The van der Waals surface area contributed by atoms with E-state index in [1.165, 1.54) is 32.6 Å². The normalized spacial score (nSPS) is 11.5. The molecule has 0 fully saturated rings. The first kappa shape index (κ1) is 64.5. The largest absolute Gasteiger partial charge is 0.456 e. The summed E-state index contributed by atoms with van der Waals surface area (Å²) < 4.78 is 16.7. The number of hydrogen-bond donors (Lipinski definition) is 2. The molecule has 6 aromatic heterocycles. The lowest BCUT2D eigenvalue weighted by molar-refractivity contribution is -0.107. The highest BCUT2D eigenvalue weighted by Crippen LogP contribution is 2.38. The molecule has 0 saturated heterocycles. The van der Waals surface area contributed by atoms with Crippen LogP contribution in [0, 0.1) is 7.43 Å². The number of hydrogen-bond acceptors (Lipinski definition) is 10.